The Morgan fingerprint density at radius 3 is 2.40 bits per heavy atom. The number of aryl methyl sites for hydroxylation is 2. The van der Waals surface area contributed by atoms with Crippen LogP contribution in [0.3, 0.4) is 0 Å². The third-order valence-electron chi connectivity index (χ3n) is 7.85. The highest BCUT2D eigenvalue weighted by molar-refractivity contribution is 6.03. The van der Waals surface area contributed by atoms with Crippen LogP contribution in [0.25, 0.3) is 5.70 Å². The third kappa shape index (κ3) is 5.93. The molecule has 2 aliphatic rings. The standard InChI is InChI=1S/C34H37N5O3/c1-6-31(40)37-27-14-10-11-15-28(27)38-34(41)22(3)33-32-23(4)35-19-18-30(32)39(24(5)36-33)29-17-16-26(20-21(29)2)42-25-12-8-7-9-13-25/h6-9,12-13,16-20,27-28,36H,1,5,10-11,14-15H2,2-4H3,(H,37,40)(H,38,41)/b33-22-/t27-,28+/m0/s1. The van der Waals surface area contributed by atoms with Gasteiger partial charge in [0.1, 0.15) is 17.3 Å². The minimum absolute atomic E-state index is 0.136. The first-order chi connectivity index (χ1) is 20.3. The zero-order chi connectivity index (χ0) is 29.8. The van der Waals surface area contributed by atoms with E-state index in [2.05, 4.69) is 34.1 Å². The van der Waals surface area contributed by atoms with Crippen molar-refractivity contribution in [2.45, 2.75) is 58.5 Å². The van der Waals surface area contributed by atoms with Crippen LogP contribution in [0.1, 0.15) is 49.4 Å². The van der Waals surface area contributed by atoms with Crippen LogP contribution in [0.4, 0.5) is 11.4 Å². The number of nitrogens with zero attached hydrogens (tertiary/aromatic N) is 2. The van der Waals surface area contributed by atoms with Crippen molar-refractivity contribution in [3.63, 3.8) is 0 Å². The lowest BCUT2D eigenvalue weighted by atomic mass is 9.89. The Bertz CT molecular complexity index is 1560. The van der Waals surface area contributed by atoms with Gasteiger partial charge in [0.15, 0.2) is 0 Å². The van der Waals surface area contributed by atoms with Gasteiger partial charge < -0.3 is 20.7 Å². The number of amides is 2. The fourth-order valence-electron chi connectivity index (χ4n) is 5.69. The van der Waals surface area contributed by atoms with Crippen molar-refractivity contribution in [2.24, 2.45) is 0 Å². The van der Waals surface area contributed by atoms with E-state index in [0.717, 1.165) is 65.4 Å². The highest BCUT2D eigenvalue weighted by Gasteiger charge is 2.32. The number of hydrogen-bond acceptors (Lipinski definition) is 6. The summed E-state index contributed by atoms with van der Waals surface area (Å²) in [5, 5.41) is 9.56. The lowest BCUT2D eigenvalue weighted by Gasteiger charge is -2.37. The Labute approximate surface area is 247 Å². The van der Waals surface area contributed by atoms with Crippen LogP contribution in [0.15, 0.2) is 91.4 Å². The first-order valence-electron chi connectivity index (χ1n) is 14.3. The molecule has 216 valence electrons. The fourth-order valence-corrected chi connectivity index (χ4v) is 5.69. The molecule has 42 heavy (non-hydrogen) atoms. The van der Waals surface area contributed by atoms with Crippen molar-refractivity contribution in [1.29, 1.82) is 0 Å². The van der Waals surface area contributed by atoms with Gasteiger partial charge in [0.2, 0.25) is 11.8 Å². The Morgan fingerprint density at radius 2 is 1.71 bits per heavy atom. The molecule has 2 heterocycles. The number of pyridine rings is 1. The minimum atomic E-state index is -0.229. The van der Waals surface area contributed by atoms with Gasteiger partial charge in [-0.15, -0.1) is 0 Å². The monoisotopic (exact) mass is 563 g/mol. The number of ether oxygens (including phenoxy) is 1. The van der Waals surface area contributed by atoms with Crippen LogP contribution < -0.4 is 25.6 Å². The average molecular weight is 564 g/mol. The fraction of sp³-hybridized carbons (Fsp3) is 0.265. The highest BCUT2D eigenvalue weighted by Crippen LogP contribution is 2.42. The van der Waals surface area contributed by atoms with Gasteiger partial charge in [-0.3, -0.25) is 19.5 Å². The van der Waals surface area contributed by atoms with Crippen molar-refractivity contribution in [3.05, 3.63) is 108 Å². The molecular weight excluding hydrogens is 526 g/mol. The molecule has 8 heteroatoms. The van der Waals surface area contributed by atoms with Crippen LogP contribution >= 0.6 is 0 Å². The summed E-state index contributed by atoms with van der Waals surface area (Å²) in [6.45, 7) is 13.7. The summed E-state index contributed by atoms with van der Waals surface area (Å²) in [6, 6.07) is 17.3. The summed E-state index contributed by atoms with van der Waals surface area (Å²) >= 11 is 0. The first-order valence-corrected chi connectivity index (χ1v) is 14.3. The molecule has 3 aromatic rings. The summed E-state index contributed by atoms with van der Waals surface area (Å²) in [5.41, 5.74) is 5.62. The molecule has 0 spiro atoms. The van der Waals surface area contributed by atoms with Gasteiger partial charge in [-0.1, -0.05) is 44.2 Å². The lowest BCUT2D eigenvalue weighted by Crippen LogP contribution is -2.53. The number of carbonyl (C=O) groups is 2. The smallest absolute Gasteiger partial charge is 0.249 e. The van der Waals surface area contributed by atoms with E-state index < -0.39 is 0 Å². The number of rotatable bonds is 7. The van der Waals surface area contributed by atoms with Crippen LogP contribution in [0, 0.1) is 13.8 Å². The van der Waals surface area contributed by atoms with E-state index in [1.807, 2.05) is 73.3 Å². The van der Waals surface area contributed by atoms with E-state index >= 15 is 0 Å². The zero-order valence-corrected chi connectivity index (χ0v) is 24.4. The molecule has 2 atom stereocenters. The molecule has 0 radical (unpaired) electrons. The molecule has 1 aliphatic carbocycles. The zero-order valence-electron chi connectivity index (χ0n) is 24.4. The van der Waals surface area contributed by atoms with E-state index in [0.29, 0.717) is 17.1 Å². The lowest BCUT2D eigenvalue weighted by molar-refractivity contribution is -0.120. The molecule has 3 N–H and O–H groups in total. The number of para-hydroxylation sites is 1. The van der Waals surface area contributed by atoms with Gasteiger partial charge in [-0.2, -0.15) is 0 Å². The molecule has 0 saturated heterocycles. The summed E-state index contributed by atoms with van der Waals surface area (Å²) in [4.78, 5) is 32.2. The highest BCUT2D eigenvalue weighted by atomic mass is 16.5. The Kier molecular flexibility index (Phi) is 8.43. The molecule has 1 fully saturated rings. The maximum Gasteiger partial charge on any atom is 0.249 e. The third-order valence-corrected chi connectivity index (χ3v) is 7.85. The van der Waals surface area contributed by atoms with Crippen LogP contribution in [-0.2, 0) is 9.59 Å². The van der Waals surface area contributed by atoms with Crippen molar-refractivity contribution >= 4 is 28.9 Å². The van der Waals surface area contributed by atoms with Crippen molar-refractivity contribution in [2.75, 3.05) is 4.90 Å². The maximum absolute atomic E-state index is 13.6. The van der Waals surface area contributed by atoms with Crippen LogP contribution in [0.5, 0.6) is 11.5 Å². The molecule has 1 saturated carbocycles. The van der Waals surface area contributed by atoms with Gasteiger partial charge in [0.05, 0.1) is 17.1 Å². The molecule has 0 bridgehead atoms. The van der Waals surface area contributed by atoms with Gasteiger partial charge in [0, 0.05) is 35.1 Å². The summed E-state index contributed by atoms with van der Waals surface area (Å²) < 4.78 is 6.04. The number of benzene rings is 2. The predicted octanol–water partition coefficient (Wildman–Crippen LogP) is 6.16. The van der Waals surface area contributed by atoms with Crippen LogP contribution in [-0.4, -0.2) is 28.9 Å². The van der Waals surface area contributed by atoms with Gasteiger partial charge >= 0.3 is 0 Å². The molecule has 1 aromatic heterocycles. The summed E-state index contributed by atoms with van der Waals surface area (Å²) in [6.07, 6.45) is 6.63. The Balaban J connectivity index is 1.45. The van der Waals surface area contributed by atoms with Crippen molar-refractivity contribution in [3.8, 4) is 11.5 Å². The van der Waals surface area contributed by atoms with E-state index in [9.17, 15) is 9.59 Å². The number of fused-ring (bicyclic) bond motifs is 1. The maximum atomic E-state index is 13.6. The minimum Gasteiger partial charge on any atom is -0.457 e. The topological polar surface area (TPSA) is 95.6 Å². The number of hydrogen-bond donors (Lipinski definition) is 3. The molecular formula is C34H37N5O3. The second kappa shape index (κ2) is 12.3. The second-order valence-electron chi connectivity index (χ2n) is 10.7. The normalized spacial score (nSPS) is 19.2. The quantitative estimate of drug-likeness (QED) is 0.298. The SMILES string of the molecule is C=CC(=O)N[C@H]1CCCC[C@H]1NC(=O)/C(C)=C1\NC(=C)N(c2ccc(Oc3ccccc3)cc2C)c2ccnc(C)c21. The van der Waals surface area contributed by atoms with E-state index in [4.69, 9.17) is 4.74 Å². The van der Waals surface area contributed by atoms with Gasteiger partial charge in [-0.05, 0) is 81.7 Å². The predicted molar refractivity (Wildman–Crippen MR) is 166 cm³/mol. The van der Waals surface area contributed by atoms with Gasteiger partial charge in [0.25, 0.3) is 0 Å². The Morgan fingerprint density at radius 1 is 1.00 bits per heavy atom. The summed E-state index contributed by atoms with van der Waals surface area (Å²) in [5.74, 6) is 1.70. The first kappa shape index (κ1) is 28.7. The van der Waals surface area contributed by atoms with Crippen molar-refractivity contribution in [1.82, 2.24) is 20.9 Å². The molecule has 1 aliphatic heterocycles. The van der Waals surface area contributed by atoms with Crippen molar-refractivity contribution < 1.29 is 14.3 Å². The summed E-state index contributed by atoms with van der Waals surface area (Å²) in [7, 11) is 0. The number of nitrogens with one attached hydrogen (secondary N) is 3. The van der Waals surface area contributed by atoms with E-state index in [1.54, 1.807) is 13.1 Å². The second-order valence-corrected chi connectivity index (χ2v) is 10.7. The van der Waals surface area contributed by atoms with E-state index in [1.165, 1.54) is 6.08 Å². The largest absolute Gasteiger partial charge is 0.457 e. The Hall–Kier alpha value is -4.85. The molecule has 2 aromatic carbocycles. The number of carbonyl (C=O) groups excluding carboxylic acids is 2. The number of aromatic nitrogens is 1. The number of anilines is 2. The molecule has 2 amide bonds. The van der Waals surface area contributed by atoms with E-state index in [-0.39, 0.29) is 23.9 Å². The average Bonchev–Trinajstić information content (AvgIpc) is 2.98. The van der Waals surface area contributed by atoms with Gasteiger partial charge in [-0.25, -0.2) is 0 Å². The molecule has 5 rings (SSSR count). The molecule has 8 nitrogen and oxygen atoms in total. The molecule has 0 unspecified atom stereocenters. The van der Waals surface area contributed by atoms with Crippen LogP contribution in [0.2, 0.25) is 0 Å².